The lowest BCUT2D eigenvalue weighted by Gasteiger charge is -2.20. The summed E-state index contributed by atoms with van der Waals surface area (Å²) in [6.45, 7) is 10.0. The minimum absolute atomic E-state index is 0.0922. The van der Waals surface area contributed by atoms with Gasteiger partial charge in [-0.25, -0.2) is 9.97 Å². The van der Waals surface area contributed by atoms with Crippen LogP contribution < -0.4 is 5.32 Å². The van der Waals surface area contributed by atoms with Gasteiger partial charge in [-0.2, -0.15) is 0 Å². The lowest BCUT2D eigenvalue weighted by molar-refractivity contribution is 0.0400. The lowest BCUT2D eigenvalue weighted by Crippen LogP contribution is -2.35. The van der Waals surface area contributed by atoms with Crippen molar-refractivity contribution < 1.29 is 4.74 Å². The third-order valence-electron chi connectivity index (χ3n) is 3.20. The molecule has 1 aromatic rings. The molecule has 0 spiro atoms. The van der Waals surface area contributed by atoms with E-state index >= 15 is 0 Å². The minimum atomic E-state index is 0.0922. The highest BCUT2D eigenvalue weighted by molar-refractivity contribution is 5.08. The fourth-order valence-corrected chi connectivity index (χ4v) is 1.97. The smallest absolute Gasteiger partial charge is 0.157 e. The van der Waals surface area contributed by atoms with Gasteiger partial charge in [-0.1, -0.05) is 0 Å². The summed E-state index contributed by atoms with van der Waals surface area (Å²) in [6, 6.07) is 0. The summed E-state index contributed by atoms with van der Waals surface area (Å²) in [4.78, 5) is 8.97. The maximum absolute atomic E-state index is 5.77. The van der Waals surface area contributed by atoms with Gasteiger partial charge in [0.15, 0.2) is 5.82 Å². The predicted octanol–water partition coefficient (Wildman–Crippen LogP) is 2.85. The van der Waals surface area contributed by atoms with Gasteiger partial charge in [-0.3, -0.25) is 0 Å². The fraction of sp³-hybridized carbons (Fsp3) is 0.733. The van der Waals surface area contributed by atoms with Crippen LogP contribution in [0.4, 0.5) is 0 Å². The van der Waals surface area contributed by atoms with E-state index in [0.717, 1.165) is 24.5 Å². The quantitative estimate of drug-likeness (QED) is 0.857. The molecular formula is C15H25N3O. The highest BCUT2D eigenvalue weighted by atomic mass is 16.5. The normalized spacial score (nSPS) is 17.5. The minimum Gasteiger partial charge on any atom is -0.370 e. The average Bonchev–Trinajstić information content (AvgIpc) is 3.18. The van der Waals surface area contributed by atoms with E-state index in [1.807, 2.05) is 19.3 Å². The van der Waals surface area contributed by atoms with E-state index in [4.69, 9.17) is 4.74 Å². The van der Waals surface area contributed by atoms with Crippen molar-refractivity contribution in [3.63, 3.8) is 0 Å². The van der Waals surface area contributed by atoms with Crippen molar-refractivity contribution in [2.75, 3.05) is 6.61 Å². The molecule has 0 bridgehead atoms. The van der Waals surface area contributed by atoms with Gasteiger partial charge < -0.3 is 10.1 Å². The number of rotatable bonds is 6. The number of nitrogens with one attached hydrogen (secondary N) is 1. The molecule has 1 aliphatic carbocycles. The van der Waals surface area contributed by atoms with Crippen LogP contribution in [0, 0.1) is 5.92 Å². The van der Waals surface area contributed by atoms with Crippen LogP contribution >= 0.6 is 0 Å². The molecule has 1 N–H and O–H groups in total. The number of aromatic nitrogens is 2. The Morgan fingerprint density at radius 2 is 1.95 bits per heavy atom. The Morgan fingerprint density at radius 3 is 2.42 bits per heavy atom. The van der Waals surface area contributed by atoms with Crippen molar-refractivity contribution in [1.29, 1.82) is 0 Å². The molecule has 0 aromatic carbocycles. The summed E-state index contributed by atoms with van der Waals surface area (Å²) >= 11 is 0. The zero-order valence-corrected chi connectivity index (χ0v) is 12.4. The summed E-state index contributed by atoms with van der Waals surface area (Å²) in [7, 11) is 0. The van der Waals surface area contributed by atoms with E-state index in [0.29, 0.717) is 5.92 Å². The van der Waals surface area contributed by atoms with Crippen LogP contribution in [0.5, 0.6) is 0 Å². The standard InChI is InChI=1S/C15H25N3O/c1-5-19-13(12-6-7-12)14-16-8-11(9-17-14)10-18-15(2,3)4/h8-9,12-13,18H,5-7,10H2,1-4H3. The molecule has 4 nitrogen and oxygen atoms in total. The molecule has 1 heterocycles. The molecule has 19 heavy (non-hydrogen) atoms. The van der Waals surface area contributed by atoms with Crippen molar-refractivity contribution in [2.24, 2.45) is 5.92 Å². The van der Waals surface area contributed by atoms with Gasteiger partial charge in [-0.15, -0.1) is 0 Å². The highest BCUT2D eigenvalue weighted by Crippen LogP contribution is 2.42. The van der Waals surface area contributed by atoms with Gasteiger partial charge in [0.05, 0.1) is 0 Å². The first-order valence-electron chi connectivity index (χ1n) is 7.17. The summed E-state index contributed by atoms with van der Waals surface area (Å²) in [5, 5.41) is 3.44. The van der Waals surface area contributed by atoms with E-state index in [2.05, 4.69) is 36.1 Å². The number of nitrogens with zero attached hydrogens (tertiary/aromatic N) is 2. The zero-order valence-electron chi connectivity index (χ0n) is 12.4. The highest BCUT2D eigenvalue weighted by Gasteiger charge is 2.34. The van der Waals surface area contributed by atoms with E-state index < -0.39 is 0 Å². The number of hydrogen-bond acceptors (Lipinski definition) is 4. The maximum Gasteiger partial charge on any atom is 0.157 e. The molecule has 0 saturated heterocycles. The molecular weight excluding hydrogens is 238 g/mol. The third kappa shape index (κ3) is 4.55. The van der Waals surface area contributed by atoms with Crippen molar-refractivity contribution in [3.05, 3.63) is 23.8 Å². The molecule has 1 aliphatic rings. The molecule has 1 unspecified atom stereocenters. The molecule has 1 saturated carbocycles. The van der Waals surface area contributed by atoms with E-state index in [9.17, 15) is 0 Å². The van der Waals surface area contributed by atoms with Crippen molar-refractivity contribution in [3.8, 4) is 0 Å². The number of ether oxygens (including phenoxy) is 1. The predicted molar refractivity (Wildman–Crippen MR) is 75.7 cm³/mol. The third-order valence-corrected chi connectivity index (χ3v) is 3.20. The Morgan fingerprint density at radius 1 is 1.32 bits per heavy atom. The molecule has 4 heteroatoms. The summed E-state index contributed by atoms with van der Waals surface area (Å²) in [5.41, 5.74) is 1.23. The number of hydrogen-bond donors (Lipinski definition) is 1. The van der Waals surface area contributed by atoms with Gasteiger partial charge in [0.2, 0.25) is 0 Å². The Bertz CT molecular complexity index is 393. The first-order valence-corrected chi connectivity index (χ1v) is 7.17. The average molecular weight is 263 g/mol. The summed E-state index contributed by atoms with van der Waals surface area (Å²) in [6.07, 6.45) is 6.39. The molecule has 0 radical (unpaired) electrons. The Labute approximate surface area is 116 Å². The van der Waals surface area contributed by atoms with Crippen LogP contribution in [-0.2, 0) is 11.3 Å². The second-order valence-corrected chi connectivity index (χ2v) is 6.27. The SMILES string of the molecule is CCOC(c1ncc(CNC(C)(C)C)cn1)C1CC1. The van der Waals surface area contributed by atoms with Crippen molar-refractivity contribution >= 4 is 0 Å². The fourth-order valence-electron chi connectivity index (χ4n) is 1.97. The molecule has 106 valence electrons. The van der Waals surface area contributed by atoms with Crippen LogP contribution in [0.15, 0.2) is 12.4 Å². The van der Waals surface area contributed by atoms with Gasteiger partial charge >= 0.3 is 0 Å². The van der Waals surface area contributed by atoms with E-state index in [-0.39, 0.29) is 11.6 Å². The van der Waals surface area contributed by atoms with Crippen LogP contribution in [0.2, 0.25) is 0 Å². The first kappa shape index (κ1) is 14.4. The molecule has 1 aromatic heterocycles. The van der Waals surface area contributed by atoms with Crippen LogP contribution in [0.3, 0.4) is 0 Å². The molecule has 1 fully saturated rings. The molecule has 0 aliphatic heterocycles. The summed E-state index contributed by atoms with van der Waals surface area (Å²) < 4.78 is 5.77. The second-order valence-electron chi connectivity index (χ2n) is 6.27. The first-order chi connectivity index (χ1) is 8.99. The van der Waals surface area contributed by atoms with Crippen LogP contribution in [-0.4, -0.2) is 22.1 Å². The van der Waals surface area contributed by atoms with Crippen molar-refractivity contribution in [2.45, 2.75) is 58.7 Å². The Kier molecular flexibility index (Phi) is 4.53. The maximum atomic E-state index is 5.77. The monoisotopic (exact) mass is 263 g/mol. The second kappa shape index (κ2) is 5.97. The van der Waals surface area contributed by atoms with Gasteiger partial charge in [-0.05, 0) is 46.5 Å². The van der Waals surface area contributed by atoms with Crippen molar-refractivity contribution in [1.82, 2.24) is 15.3 Å². The summed E-state index contributed by atoms with van der Waals surface area (Å²) in [5.74, 6) is 1.46. The molecule has 2 rings (SSSR count). The zero-order chi connectivity index (χ0) is 13.9. The Balaban J connectivity index is 1.96. The van der Waals surface area contributed by atoms with E-state index in [1.54, 1.807) is 0 Å². The van der Waals surface area contributed by atoms with Gasteiger partial charge in [0, 0.05) is 36.6 Å². The van der Waals surface area contributed by atoms with Crippen LogP contribution in [0.1, 0.15) is 58.0 Å². The van der Waals surface area contributed by atoms with E-state index in [1.165, 1.54) is 12.8 Å². The lowest BCUT2D eigenvalue weighted by atomic mass is 10.1. The Hall–Kier alpha value is -1.00. The van der Waals surface area contributed by atoms with Gasteiger partial charge in [0.25, 0.3) is 0 Å². The van der Waals surface area contributed by atoms with Gasteiger partial charge in [0.1, 0.15) is 6.10 Å². The molecule has 1 atom stereocenters. The largest absolute Gasteiger partial charge is 0.370 e. The molecule has 0 amide bonds. The topological polar surface area (TPSA) is 47.0 Å². The van der Waals surface area contributed by atoms with Crippen LogP contribution in [0.25, 0.3) is 0 Å².